The predicted octanol–water partition coefficient (Wildman–Crippen LogP) is 2.79. The van der Waals surface area contributed by atoms with Crippen LogP contribution in [0.15, 0.2) is 18.2 Å². The maximum absolute atomic E-state index is 10.6. The minimum absolute atomic E-state index is 0.324. The molecule has 88 valence electrons. The van der Waals surface area contributed by atoms with Gasteiger partial charge in [0.25, 0.3) is 0 Å². The van der Waals surface area contributed by atoms with Crippen LogP contribution >= 0.6 is 27.5 Å². The number of aryl methyl sites for hydroxylation is 1. The van der Waals surface area contributed by atoms with Gasteiger partial charge in [-0.25, -0.2) is 4.79 Å². The van der Waals surface area contributed by atoms with E-state index in [0.29, 0.717) is 10.6 Å². The molecule has 16 heavy (non-hydrogen) atoms. The molecular weight excluding hydrogens is 295 g/mol. The van der Waals surface area contributed by atoms with E-state index in [2.05, 4.69) is 15.9 Å². The van der Waals surface area contributed by atoms with Gasteiger partial charge in [0.05, 0.1) is 0 Å². The summed E-state index contributed by atoms with van der Waals surface area (Å²) in [5, 5.41) is 19.4. The lowest BCUT2D eigenvalue weighted by molar-refractivity contribution is -0.146. The van der Waals surface area contributed by atoms with Crippen molar-refractivity contribution < 1.29 is 15.0 Å². The van der Waals surface area contributed by atoms with Gasteiger partial charge in [-0.2, -0.15) is 0 Å². The number of aliphatic hydroxyl groups excluding tert-OH is 1. The molecule has 0 amide bonds. The van der Waals surface area contributed by atoms with Crippen LogP contribution in [0.1, 0.15) is 23.7 Å². The van der Waals surface area contributed by atoms with Crippen molar-refractivity contribution >= 4 is 33.5 Å². The number of alkyl halides is 1. The van der Waals surface area contributed by atoms with Gasteiger partial charge in [0, 0.05) is 10.4 Å². The highest BCUT2D eigenvalue weighted by Gasteiger charge is 2.16. The summed E-state index contributed by atoms with van der Waals surface area (Å²) in [5.41, 5.74) is 1.26. The van der Waals surface area contributed by atoms with Crippen LogP contribution in [0.5, 0.6) is 0 Å². The maximum Gasteiger partial charge on any atom is 0.337 e. The molecule has 0 radical (unpaired) electrons. The van der Waals surface area contributed by atoms with Gasteiger partial charge in [-0.3, -0.25) is 0 Å². The zero-order chi connectivity index (χ0) is 12.1. The summed E-state index contributed by atoms with van der Waals surface area (Å²) in [6.07, 6.45) is 0.218. The Bertz CT molecular complexity index is 381. The Kier molecular flexibility index (Phi) is 5.25. The Balaban J connectivity index is 2.93. The molecule has 0 heterocycles. The Morgan fingerprint density at radius 2 is 2.12 bits per heavy atom. The fraction of sp³-hybridized carbons (Fsp3) is 0.364. The second kappa shape index (κ2) is 6.23. The molecule has 0 fully saturated rings. The minimum Gasteiger partial charge on any atom is -0.479 e. The first kappa shape index (κ1) is 13.5. The van der Waals surface area contributed by atoms with Gasteiger partial charge < -0.3 is 10.2 Å². The Hall–Kier alpha value is -0.580. The quantitative estimate of drug-likeness (QED) is 0.822. The van der Waals surface area contributed by atoms with E-state index in [1.807, 2.05) is 0 Å². The lowest BCUT2D eigenvalue weighted by Gasteiger charge is -2.09. The summed E-state index contributed by atoms with van der Waals surface area (Å²) in [5.74, 6) is -1.27. The Morgan fingerprint density at radius 1 is 1.44 bits per heavy atom. The summed E-state index contributed by atoms with van der Waals surface area (Å²) in [6.45, 7) is 0. The Morgan fingerprint density at radius 3 is 2.69 bits per heavy atom. The van der Waals surface area contributed by atoms with Crippen molar-refractivity contribution in [1.82, 2.24) is 0 Å². The van der Waals surface area contributed by atoms with Crippen molar-refractivity contribution in [2.75, 3.05) is 5.33 Å². The van der Waals surface area contributed by atoms with E-state index in [1.165, 1.54) is 6.07 Å². The van der Waals surface area contributed by atoms with Crippen molar-refractivity contribution in [3.63, 3.8) is 0 Å². The molecule has 0 saturated heterocycles. The van der Waals surface area contributed by atoms with E-state index in [9.17, 15) is 9.90 Å². The zero-order valence-electron chi connectivity index (χ0n) is 8.49. The summed E-state index contributed by atoms with van der Waals surface area (Å²) < 4.78 is 0. The first-order valence-corrected chi connectivity index (χ1v) is 6.30. The van der Waals surface area contributed by atoms with Crippen LogP contribution in [0.2, 0.25) is 5.02 Å². The standard InChI is InChI=1S/C11H12BrClO3/c12-3-1-2-7-4-8(6-9(13)5-7)10(14)11(15)16/h4-6,10,14H,1-3H2,(H,15,16). The molecule has 5 heteroatoms. The van der Waals surface area contributed by atoms with E-state index in [1.54, 1.807) is 12.1 Å². The van der Waals surface area contributed by atoms with E-state index < -0.39 is 12.1 Å². The largest absolute Gasteiger partial charge is 0.479 e. The summed E-state index contributed by atoms with van der Waals surface area (Å²) in [7, 11) is 0. The lowest BCUT2D eigenvalue weighted by atomic mass is 10.0. The van der Waals surface area contributed by atoms with Gasteiger partial charge in [-0.05, 0) is 36.1 Å². The van der Waals surface area contributed by atoms with Crippen molar-refractivity contribution in [2.45, 2.75) is 18.9 Å². The minimum atomic E-state index is -1.51. The topological polar surface area (TPSA) is 57.5 Å². The van der Waals surface area contributed by atoms with Crippen LogP contribution < -0.4 is 0 Å². The van der Waals surface area contributed by atoms with Gasteiger partial charge in [-0.15, -0.1) is 0 Å². The molecular formula is C11H12BrClO3. The van der Waals surface area contributed by atoms with Crippen LogP contribution in [0, 0.1) is 0 Å². The summed E-state index contributed by atoms with van der Waals surface area (Å²) >= 11 is 9.18. The van der Waals surface area contributed by atoms with Crippen molar-refractivity contribution in [2.24, 2.45) is 0 Å². The van der Waals surface area contributed by atoms with Gasteiger partial charge in [0.1, 0.15) is 0 Å². The summed E-state index contributed by atoms with van der Waals surface area (Å²) in [4.78, 5) is 10.6. The van der Waals surface area contributed by atoms with Crippen LogP contribution in [-0.2, 0) is 11.2 Å². The highest BCUT2D eigenvalue weighted by molar-refractivity contribution is 9.09. The van der Waals surface area contributed by atoms with Gasteiger partial charge in [0.15, 0.2) is 6.10 Å². The number of hydrogen-bond donors (Lipinski definition) is 2. The van der Waals surface area contributed by atoms with Crippen LogP contribution in [0.25, 0.3) is 0 Å². The SMILES string of the molecule is O=C(O)C(O)c1cc(Cl)cc(CCCBr)c1. The molecule has 0 aliphatic heterocycles. The number of carbonyl (C=O) groups is 1. The molecule has 0 aromatic heterocycles. The number of rotatable bonds is 5. The number of aliphatic hydroxyl groups is 1. The highest BCUT2D eigenvalue weighted by Crippen LogP contribution is 2.21. The lowest BCUT2D eigenvalue weighted by Crippen LogP contribution is -2.10. The smallest absolute Gasteiger partial charge is 0.337 e. The van der Waals surface area contributed by atoms with E-state index >= 15 is 0 Å². The van der Waals surface area contributed by atoms with E-state index in [-0.39, 0.29) is 0 Å². The molecule has 1 rings (SSSR count). The first-order chi connectivity index (χ1) is 7.54. The van der Waals surface area contributed by atoms with Crippen LogP contribution in [-0.4, -0.2) is 21.5 Å². The molecule has 1 aromatic carbocycles. The highest BCUT2D eigenvalue weighted by atomic mass is 79.9. The van der Waals surface area contributed by atoms with Crippen LogP contribution in [0.4, 0.5) is 0 Å². The molecule has 2 N–H and O–H groups in total. The number of carboxylic acids is 1. The molecule has 0 aliphatic rings. The maximum atomic E-state index is 10.6. The molecule has 0 saturated carbocycles. The molecule has 1 atom stereocenters. The van der Waals surface area contributed by atoms with Crippen molar-refractivity contribution in [3.05, 3.63) is 34.3 Å². The van der Waals surface area contributed by atoms with Crippen molar-refractivity contribution in [3.8, 4) is 0 Å². The number of benzene rings is 1. The fourth-order valence-electron chi connectivity index (χ4n) is 1.39. The average molecular weight is 308 g/mol. The van der Waals surface area contributed by atoms with Gasteiger partial charge >= 0.3 is 5.97 Å². The van der Waals surface area contributed by atoms with E-state index in [0.717, 1.165) is 23.7 Å². The van der Waals surface area contributed by atoms with Gasteiger partial charge in [0.2, 0.25) is 0 Å². The summed E-state index contributed by atoms with van der Waals surface area (Å²) in [6, 6.07) is 4.92. The van der Waals surface area contributed by atoms with Crippen molar-refractivity contribution in [1.29, 1.82) is 0 Å². The first-order valence-electron chi connectivity index (χ1n) is 4.81. The number of halogens is 2. The molecule has 3 nitrogen and oxygen atoms in total. The third kappa shape index (κ3) is 3.77. The third-order valence-corrected chi connectivity index (χ3v) is 2.91. The monoisotopic (exact) mass is 306 g/mol. The van der Waals surface area contributed by atoms with E-state index in [4.69, 9.17) is 16.7 Å². The molecule has 1 unspecified atom stereocenters. The molecule has 0 bridgehead atoms. The molecule has 0 aliphatic carbocycles. The van der Waals surface area contributed by atoms with Gasteiger partial charge in [-0.1, -0.05) is 33.6 Å². The third-order valence-electron chi connectivity index (χ3n) is 2.13. The predicted molar refractivity (Wildman–Crippen MR) is 66.2 cm³/mol. The normalized spacial score (nSPS) is 12.4. The number of carboxylic acid groups (broad SMARTS) is 1. The number of aliphatic carboxylic acids is 1. The molecule has 0 spiro atoms. The zero-order valence-corrected chi connectivity index (χ0v) is 10.8. The fourth-order valence-corrected chi connectivity index (χ4v) is 1.94. The number of hydrogen-bond acceptors (Lipinski definition) is 2. The Labute approximate surface area is 107 Å². The second-order valence-corrected chi connectivity index (χ2v) is 4.66. The average Bonchev–Trinajstić information content (AvgIpc) is 2.24. The van der Waals surface area contributed by atoms with Crippen LogP contribution in [0.3, 0.4) is 0 Å². The second-order valence-electron chi connectivity index (χ2n) is 3.43. The molecule has 1 aromatic rings.